The number of pyridine rings is 1. The first-order valence-corrected chi connectivity index (χ1v) is 8.01. The molecule has 0 saturated carbocycles. The molecule has 0 atom stereocenters. The van der Waals surface area contributed by atoms with Crippen molar-refractivity contribution in [2.24, 2.45) is 0 Å². The summed E-state index contributed by atoms with van der Waals surface area (Å²) in [5.41, 5.74) is 0. The number of hydrogen-bond acceptors (Lipinski definition) is 5. The summed E-state index contributed by atoms with van der Waals surface area (Å²) in [5, 5.41) is 0.981. The Balaban J connectivity index is 1.99. The predicted octanol–water partition coefficient (Wildman–Crippen LogP) is 3.56. The van der Waals surface area contributed by atoms with Gasteiger partial charge in [0.05, 0.1) is 0 Å². The van der Waals surface area contributed by atoms with Gasteiger partial charge in [0.25, 0.3) is 0 Å². The SMILES string of the molecule is CCCCC(=O)OCCSSc1ccccn1. The molecule has 0 amide bonds. The average molecular weight is 271 g/mol. The van der Waals surface area contributed by atoms with Crippen molar-refractivity contribution in [2.75, 3.05) is 12.4 Å². The van der Waals surface area contributed by atoms with E-state index in [9.17, 15) is 4.79 Å². The second-order valence-electron chi connectivity index (χ2n) is 3.40. The molecule has 0 aliphatic rings. The van der Waals surface area contributed by atoms with Gasteiger partial charge >= 0.3 is 5.97 Å². The molecule has 1 rings (SSSR count). The highest BCUT2D eigenvalue weighted by Crippen LogP contribution is 2.28. The number of rotatable bonds is 8. The molecule has 0 bridgehead atoms. The Bertz CT molecular complexity index is 320. The standard InChI is InChI=1S/C12H17NO2S2/c1-2-3-7-12(14)15-9-10-16-17-11-6-4-5-8-13-11/h4-6,8H,2-3,7,9-10H2,1H3. The van der Waals surface area contributed by atoms with Gasteiger partial charge in [-0.15, -0.1) is 0 Å². The van der Waals surface area contributed by atoms with E-state index in [2.05, 4.69) is 11.9 Å². The van der Waals surface area contributed by atoms with Crippen molar-refractivity contribution in [1.29, 1.82) is 0 Å². The molecule has 0 spiro atoms. The van der Waals surface area contributed by atoms with E-state index < -0.39 is 0 Å². The lowest BCUT2D eigenvalue weighted by Gasteiger charge is -2.03. The fraction of sp³-hybridized carbons (Fsp3) is 0.500. The summed E-state index contributed by atoms with van der Waals surface area (Å²) in [6.07, 6.45) is 4.25. The van der Waals surface area contributed by atoms with E-state index in [0.29, 0.717) is 13.0 Å². The molecule has 0 radical (unpaired) electrons. The van der Waals surface area contributed by atoms with E-state index in [1.807, 2.05) is 18.2 Å². The van der Waals surface area contributed by atoms with Crippen molar-refractivity contribution >= 4 is 27.6 Å². The number of carbonyl (C=O) groups excluding carboxylic acids is 1. The second-order valence-corrected chi connectivity index (χ2v) is 5.83. The molecule has 0 aromatic carbocycles. The minimum Gasteiger partial charge on any atom is -0.465 e. The van der Waals surface area contributed by atoms with Crippen LogP contribution in [0.15, 0.2) is 29.4 Å². The lowest BCUT2D eigenvalue weighted by Crippen LogP contribution is -2.06. The van der Waals surface area contributed by atoms with Gasteiger partial charge in [-0.25, -0.2) is 4.98 Å². The molecule has 17 heavy (non-hydrogen) atoms. The molecule has 3 nitrogen and oxygen atoms in total. The summed E-state index contributed by atoms with van der Waals surface area (Å²) < 4.78 is 5.09. The van der Waals surface area contributed by atoms with Crippen LogP contribution in [-0.2, 0) is 9.53 Å². The number of aromatic nitrogens is 1. The van der Waals surface area contributed by atoms with Crippen molar-refractivity contribution < 1.29 is 9.53 Å². The van der Waals surface area contributed by atoms with Crippen LogP contribution in [0, 0.1) is 0 Å². The molecule has 0 aliphatic carbocycles. The highest BCUT2D eigenvalue weighted by atomic mass is 33.1. The van der Waals surface area contributed by atoms with Gasteiger partial charge in [0, 0.05) is 18.4 Å². The largest absolute Gasteiger partial charge is 0.465 e. The maximum absolute atomic E-state index is 11.2. The monoisotopic (exact) mass is 271 g/mol. The summed E-state index contributed by atoms with van der Waals surface area (Å²) in [4.78, 5) is 15.4. The number of nitrogens with zero attached hydrogens (tertiary/aromatic N) is 1. The molecular weight excluding hydrogens is 254 g/mol. The molecule has 1 aromatic rings. The third-order valence-electron chi connectivity index (χ3n) is 1.95. The molecule has 0 fully saturated rings. The van der Waals surface area contributed by atoms with Crippen molar-refractivity contribution in [2.45, 2.75) is 31.2 Å². The van der Waals surface area contributed by atoms with Gasteiger partial charge in [0.15, 0.2) is 0 Å². The van der Waals surface area contributed by atoms with Gasteiger partial charge in [0.2, 0.25) is 0 Å². The third-order valence-corrected chi connectivity index (χ3v) is 4.18. The van der Waals surface area contributed by atoms with Crippen molar-refractivity contribution in [1.82, 2.24) is 4.98 Å². The normalized spacial score (nSPS) is 10.2. The Hall–Kier alpha value is -0.680. The number of esters is 1. The summed E-state index contributed by atoms with van der Waals surface area (Å²) in [7, 11) is 3.25. The summed E-state index contributed by atoms with van der Waals surface area (Å²) in [6, 6.07) is 5.82. The fourth-order valence-electron chi connectivity index (χ4n) is 1.08. The minimum atomic E-state index is -0.0877. The first-order chi connectivity index (χ1) is 8.33. The first kappa shape index (κ1) is 14.4. The molecular formula is C12H17NO2S2. The van der Waals surface area contributed by atoms with Crippen molar-refractivity contribution in [3.63, 3.8) is 0 Å². The lowest BCUT2D eigenvalue weighted by atomic mass is 10.3. The minimum absolute atomic E-state index is 0.0877. The molecule has 1 aromatic heterocycles. The van der Waals surface area contributed by atoms with E-state index in [1.54, 1.807) is 27.8 Å². The van der Waals surface area contributed by atoms with Crippen LogP contribution in [0.4, 0.5) is 0 Å². The summed E-state index contributed by atoms with van der Waals surface area (Å²) in [5.74, 6) is 0.703. The predicted molar refractivity (Wildman–Crippen MR) is 73.0 cm³/mol. The van der Waals surface area contributed by atoms with E-state index in [1.165, 1.54) is 0 Å². The number of ether oxygens (including phenoxy) is 1. The van der Waals surface area contributed by atoms with E-state index in [-0.39, 0.29) is 5.97 Å². The Morgan fingerprint density at radius 3 is 3.06 bits per heavy atom. The maximum Gasteiger partial charge on any atom is 0.305 e. The molecule has 0 aliphatic heterocycles. The van der Waals surface area contributed by atoms with Crippen LogP contribution in [0.5, 0.6) is 0 Å². The maximum atomic E-state index is 11.2. The summed E-state index contributed by atoms with van der Waals surface area (Å²) in [6.45, 7) is 2.54. The fourth-order valence-corrected chi connectivity index (χ4v) is 2.79. The molecule has 0 saturated heterocycles. The van der Waals surface area contributed by atoms with Crippen molar-refractivity contribution in [3.05, 3.63) is 24.4 Å². The van der Waals surface area contributed by atoms with Crippen LogP contribution >= 0.6 is 21.6 Å². The van der Waals surface area contributed by atoms with Gasteiger partial charge in [0.1, 0.15) is 11.6 Å². The van der Waals surface area contributed by atoms with Gasteiger partial charge < -0.3 is 4.74 Å². The third kappa shape index (κ3) is 7.28. The van der Waals surface area contributed by atoms with Gasteiger partial charge in [-0.2, -0.15) is 0 Å². The van der Waals surface area contributed by atoms with Crippen LogP contribution in [-0.4, -0.2) is 23.3 Å². The van der Waals surface area contributed by atoms with Crippen LogP contribution in [0.1, 0.15) is 26.2 Å². The lowest BCUT2D eigenvalue weighted by molar-refractivity contribution is -0.143. The quantitative estimate of drug-likeness (QED) is 0.411. The molecule has 0 N–H and O–H groups in total. The van der Waals surface area contributed by atoms with Gasteiger partial charge in [-0.3, -0.25) is 4.79 Å². The highest BCUT2D eigenvalue weighted by Gasteiger charge is 2.01. The second kappa shape index (κ2) is 9.36. The van der Waals surface area contributed by atoms with E-state index >= 15 is 0 Å². The zero-order valence-electron chi connectivity index (χ0n) is 9.93. The smallest absolute Gasteiger partial charge is 0.305 e. The highest BCUT2D eigenvalue weighted by molar-refractivity contribution is 8.76. The Morgan fingerprint density at radius 2 is 2.35 bits per heavy atom. The molecule has 5 heteroatoms. The Labute approximate surface area is 110 Å². The average Bonchev–Trinajstić information content (AvgIpc) is 2.37. The molecule has 1 heterocycles. The molecule has 94 valence electrons. The molecule has 0 unspecified atom stereocenters. The summed E-state index contributed by atoms with van der Waals surface area (Å²) >= 11 is 0. The van der Waals surface area contributed by atoms with Gasteiger partial charge in [-0.1, -0.05) is 30.2 Å². The number of unbranched alkanes of at least 4 members (excludes halogenated alkanes) is 1. The first-order valence-electron chi connectivity index (χ1n) is 5.69. The topological polar surface area (TPSA) is 39.2 Å². The number of hydrogen-bond donors (Lipinski definition) is 0. The van der Waals surface area contributed by atoms with Crippen LogP contribution in [0.25, 0.3) is 0 Å². The van der Waals surface area contributed by atoms with Crippen molar-refractivity contribution in [3.8, 4) is 0 Å². The zero-order valence-corrected chi connectivity index (χ0v) is 11.6. The number of carbonyl (C=O) groups is 1. The Kier molecular flexibility index (Phi) is 7.92. The van der Waals surface area contributed by atoms with E-state index in [0.717, 1.165) is 23.6 Å². The van der Waals surface area contributed by atoms with E-state index in [4.69, 9.17) is 4.74 Å². The van der Waals surface area contributed by atoms with Crippen LogP contribution in [0.2, 0.25) is 0 Å². The van der Waals surface area contributed by atoms with Crippen LogP contribution in [0.3, 0.4) is 0 Å². The van der Waals surface area contributed by atoms with Gasteiger partial charge in [-0.05, 0) is 29.3 Å². The van der Waals surface area contributed by atoms with Crippen LogP contribution < -0.4 is 0 Å². The Morgan fingerprint density at radius 1 is 1.47 bits per heavy atom. The zero-order chi connectivity index (χ0) is 12.3.